The normalized spacial score (nSPS) is 20.4. The van der Waals surface area contributed by atoms with Crippen molar-refractivity contribution in [3.8, 4) is 0 Å². The SMILES string of the molecule is CCCOC(Cc1cccc(F)c1F)(C1CCCCC1)C1CCCCC1. The van der Waals surface area contributed by atoms with E-state index in [1.807, 2.05) is 0 Å². The highest BCUT2D eigenvalue weighted by Crippen LogP contribution is 2.47. The largest absolute Gasteiger partial charge is 0.374 e. The molecule has 0 aromatic heterocycles. The summed E-state index contributed by atoms with van der Waals surface area (Å²) in [6.45, 7) is 2.85. The first kappa shape index (κ1) is 19.8. The zero-order valence-corrected chi connectivity index (χ0v) is 16.2. The van der Waals surface area contributed by atoms with Gasteiger partial charge in [0.2, 0.25) is 0 Å². The van der Waals surface area contributed by atoms with E-state index in [0.717, 1.165) is 32.1 Å². The Kier molecular flexibility index (Phi) is 7.08. The summed E-state index contributed by atoms with van der Waals surface area (Å²) in [5.41, 5.74) is 0.170. The molecule has 3 heteroatoms. The highest BCUT2D eigenvalue weighted by atomic mass is 19.2. The van der Waals surface area contributed by atoms with Crippen LogP contribution < -0.4 is 0 Å². The first-order chi connectivity index (χ1) is 12.7. The van der Waals surface area contributed by atoms with Gasteiger partial charge in [0.05, 0.1) is 5.60 Å². The fourth-order valence-corrected chi connectivity index (χ4v) is 5.37. The molecule has 0 unspecified atom stereocenters. The molecule has 146 valence electrons. The van der Waals surface area contributed by atoms with Crippen LogP contribution in [0.1, 0.15) is 83.1 Å². The Labute approximate surface area is 157 Å². The van der Waals surface area contributed by atoms with Gasteiger partial charge in [-0.25, -0.2) is 8.78 Å². The van der Waals surface area contributed by atoms with E-state index < -0.39 is 11.6 Å². The van der Waals surface area contributed by atoms with Crippen LogP contribution in [0.25, 0.3) is 0 Å². The molecular weight excluding hydrogens is 330 g/mol. The molecule has 1 nitrogen and oxygen atoms in total. The maximum absolute atomic E-state index is 14.6. The fraction of sp³-hybridized carbons (Fsp3) is 0.739. The molecule has 1 aromatic rings. The molecule has 2 fully saturated rings. The minimum Gasteiger partial charge on any atom is -0.374 e. The van der Waals surface area contributed by atoms with Gasteiger partial charge in [0.25, 0.3) is 0 Å². The molecule has 1 aromatic carbocycles. The van der Waals surface area contributed by atoms with Crippen LogP contribution in [-0.2, 0) is 11.2 Å². The van der Waals surface area contributed by atoms with Gasteiger partial charge < -0.3 is 4.74 Å². The molecule has 0 bridgehead atoms. The lowest BCUT2D eigenvalue weighted by Gasteiger charge is -2.49. The van der Waals surface area contributed by atoms with Crippen LogP contribution in [0, 0.1) is 23.5 Å². The zero-order chi connectivity index (χ0) is 18.4. The molecule has 0 saturated heterocycles. The molecule has 26 heavy (non-hydrogen) atoms. The van der Waals surface area contributed by atoms with Crippen LogP contribution in [0.3, 0.4) is 0 Å². The summed E-state index contributed by atoms with van der Waals surface area (Å²) in [5, 5.41) is 0. The summed E-state index contributed by atoms with van der Waals surface area (Å²) >= 11 is 0. The molecule has 0 heterocycles. The van der Waals surface area contributed by atoms with E-state index in [0.29, 0.717) is 30.4 Å². The molecular formula is C23H34F2O. The molecule has 0 spiro atoms. The highest BCUT2D eigenvalue weighted by Gasteiger charge is 2.47. The van der Waals surface area contributed by atoms with E-state index in [4.69, 9.17) is 4.74 Å². The zero-order valence-electron chi connectivity index (χ0n) is 16.2. The molecule has 0 N–H and O–H groups in total. The van der Waals surface area contributed by atoms with Crippen molar-refractivity contribution in [1.82, 2.24) is 0 Å². The molecule has 0 amide bonds. The molecule has 3 rings (SSSR count). The average Bonchev–Trinajstić information content (AvgIpc) is 2.70. The van der Waals surface area contributed by atoms with Gasteiger partial charge in [-0.05, 0) is 55.6 Å². The highest BCUT2D eigenvalue weighted by molar-refractivity contribution is 5.22. The molecule has 2 saturated carbocycles. The van der Waals surface area contributed by atoms with Gasteiger partial charge in [0.15, 0.2) is 11.6 Å². The second kappa shape index (κ2) is 9.30. The maximum atomic E-state index is 14.6. The lowest BCUT2D eigenvalue weighted by molar-refractivity contribution is -0.142. The predicted molar refractivity (Wildman–Crippen MR) is 102 cm³/mol. The van der Waals surface area contributed by atoms with E-state index in [2.05, 4.69) is 6.92 Å². The van der Waals surface area contributed by atoms with Gasteiger partial charge in [-0.1, -0.05) is 57.6 Å². The van der Waals surface area contributed by atoms with Crippen molar-refractivity contribution in [1.29, 1.82) is 0 Å². The molecule has 0 atom stereocenters. The van der Waals surface area contributed by atoms with Crippen LogP contribution in [0.5, 0.6) is 0 Å². The number of halogens is 2. The molecule has 0 radical (unpaired) electrons. The Morgan fingerprint density at radius 2 is 1.50 bits per heavy atom. The van der Waals surface area contributed by atoms with Gasteiger partial charge in [-0.15, -0.1) is 0 Å². The number of hydrogen-bond acceptors (Lipinski definition) is 1. The van der Waals surface area contributed by atoms with Crippen LogP contribution in [0.2, 0.25) is 0 Å². The van der Waals surface area contributed by atoms with Crippen molar-refractivity contribution in [3.05, 3.63) is 35.4 Å². The van der Waals surface area contributed by atoms with Crippen LogP contribution >= 0.6 is 0 Å². The second-order valence-corrected chi connectivity index (χ2v) is 8.36. The van der Waals surface area contributed by atoms with Crippen molar-refractivity contribution >= 4 is 0 Å². The number of ether oxygens (including phenoxy) is 1. The minimum atomic E-state index is -0.737. The molecule has 2 aliphatic carbocycles. The lowest BCUT2D eigenvalue weighted by Crippen LogP contribution is -2.51. The first-order valence-electron chi connectivity index (χ1n) is 10.7. The third kappa shape index (κ3) is 4.30. The fourth-order valence-electron chi connectivity index (χ4n) is 5.37. The summed E-state index contributed by atoms with van der Waals surface area (Å²) in [6, 6.07) is 4.61. The topological polar surface area (TPSA) is 9.23 Å². The third-order valence-electron chi connectivity index (χ3n) is 6.67. The summed E-state index contributed by atoms with van der Waals surface area (Å²) in [7, 11) is 0. The number of hydrogen-bond donors (Lipinski definition) is 0. The monoisotopic (exact) mass is 364 g/mol. The Balaban J connectivity index is 1.97. The van der Waals surface area contributed by atoms with Gasteiger partial charge in [-0.2, -0.15) is 0 Å². The predicted octanol–water partition coefficient (Wildman–Crippen LogP) is 6.83. The second-order valence-electron chi connectivity index (χ2n) is 8.36. The Morgan fingerprint density at radius 3 is 2.04 bits per heavy atom. The Morgan fingerprint density at radius 1 is 0.923 bits per heavy atom. The first-order valence-corrected chi connectivity index (χ1v) is 10.7. The van der Waals surface area contributed by atoms with Crippen LogP contribution in [0.4, 0.5) is 8.78 Å². The summed E-state index contributed by atoms with van der Waals surface area (Å²) in [6.07, 6.45) is 13.7. The summed E-state index contributed by atoms with van der Waals surface area (Å²) in [4.78, 5) is 0. The van der Waals surface area contributed by atoms with Crippen molar-refractivity contribution in [2.45, 2.75) is 89.6 Å². The van der Waals surface area contributed by atoms with Crippen molar-refractivity contribution < 1.29 is 13.5 Å². The van der Waals surface area contributed by atoms with Gasteiger partial charge in [-0.3, -0.25) is 0 Å². The standard InChI is InChI=1S/C23H34F2O/c1-2-16-26-23(19-11-5-3-6-12-19,20-13-7-4-8-14-20)17-18-10-9-15-21(24)22(18)25/h9-10,15,19-20H,2-8,11-14,16-17H2,1H3. The van der Waals surface area contributed by atoms with E-state index in [1.165, 1.54) is 44.6 Å². The quantitative estimate of drug-likeness (QED) is 0.515. The Bertz CT molecular complexity index is 541. The van der Waals surface area contributed by atoms with Gasteiger partial charge in [0.1, 0.15) is 0 Å². The van der Waals surface area contributed by atoms with Crippen molar-refractivity contribution in [2.24, 2.45) is 11.8 Å². The van der Waals surface area contributed by atoms with Gasteiger partial charge in [0, 0.05) is 13.0 Å². The van der Waals surface area contributed by atoms with Crippen molar-refractivity contribution in [3.63, 3.8) is 0 Å². The smallest absolute Gasteiger partial charge is 0.162 e. The van der Waals surface area contributed by atoms with E-state index >= 15 is 0 Å². The number of rotatable bonds is 7. The molecule has 2 aliphatic rings. The van der Waals surface area contributed by atoms with Crippen LogP contribution in [-0.4, -0.2) is 12.2 Å². The van der Waals surface area contributed by atoms with Crippen molar-refractivity contribution in [2.75, 3.05) is 6.61 Å². The van der Waals surface area contributed by atoms with Crippen LogP contribution in [0.15, 0.2) is 18.2 Å². The Hall–Kier alpha value is -0.960. The summed E-state index contributed by atoms with van der Waals surface area (Å²) < 4.78 is 35.1. The maximum Gasteiger partial charge on any atom is 0.162 e. The number of benzene rings is 1. The third-order valence-corrected chi connectivity index (χ3v) is 6.67. The minimum absolute atomic E-state index is 0.328. The van der Waals surface area contributed by atoms with E-state index in [1.54, 1.807) is 12.1 Å². The van der Waals surface area contributed by atoms with E-state index in [9.17, 15) is 8.78 Å². The lowest BCUT2D eigenvalue weighted by atomic mass is 9.64. The summed E-state index contributed by atoms with van der Waals surface area (Å²) in [5.74, 6) is -0.482. The molecule has 0 aliphatic heterocycles. The van der Waals surface area contributed by atoms with Gasteiger partial charge >= 0.3 is 0 Å². The average molecular weight is 365 g/mol. The van der Waals surface area contributed by atoms with E-state index in [-0.39, 0.29) is 5.60 Å².